The summed E-state index contributed by atoms with van der Waals surface area (Å²) in [6.45, 7) is 9.97. The summed E-state index contributed by atoms with van der Waals surface area (Å²) in [5, 5.41) is 0. The van der Waals surface area contributed by atoms with E-state index in [-0.39, 0.29) is 0 Å². The summed E-state index contributed by atoms with van der Waals surface area (Å²) in [5.74, 6) is 0. The Kier molecular flexibility index (Phi) is 4.65. The minimum atomic E-state index is 1.04. The Bertz CT molecular complexity index is 159. The van der Waals surface area contributed by atoms with E-state index in [1.165, 1.54) is 5.57 Å². The molecule has 0 saturated heterocycles. The van der Waals surface area contributed by atoms with Crippen LogP contribution in [0.5, 0.6) is 0 Å². The Morgan fingerprint density at radius 1 is 1.40 bits per heavy atom. The summed E-state index contributed by atoms with van der Waals surface area (Å²) < 4.78 is 0. The second kappa shape index (κ2) is 5.04. The molecule has 0 nitrogen and oxygen atoms in total. The van der Waals surface area contributed by atoms with Gasteiger partial charge in [-0.2, -0.15) is 0 Å². The van der Waals surface area contributed by atoms with Crippen molar-refractivity contribution in [2.45, 2.75) is 27.2 Å². The molecule has 0 aromatic carbocycles. The third kappa shape index (κ3) is 5.36. The van der Waals surface area contributed by atoms with Crippen LogP contribution < -0.4 is 0 Å². The van der Waals surface area contributed by atoms with Gasteiger partial charge in [-0.1, -0.05) is 36.0 Å². The SMILES string of the molecule is C=C(C)/C=C(\C)C/C=C/C. The summed E-state index contributed by atoms with van der Waals surface area (Å²) in [7, 11) is 0. The van der Waals surface area contributed by atoms with Crippen LogP contribution in [0.25, 0.3) is 0 Å². The molecule has 0 radical (unpaired) electrons. The van der Waals surface area contributed by atoms with Crippen molar-refractivity contribution in [2.75, 3.05) is 0 Å². The highest BCUT2D eigenvalue weighted by Gasteiger charge is 1.83. The maximum absolute atomic E-state index is 3.80. The molecule has 0 atom stereocenters. The van der Waals surface area contributed by atoms with E-state index < -0.39 is 0 Å². The Morgan fingerprint density at radius 3 is 2.40 bits per heavy atom. The molecular weight excluding hydrogens is 120 g/mol. The molecule has 0 aromatic heterocycles. The highest BCUT2D eigenvalue weighted by Crippen LogP contribution is 2.04. The van der Waals surface area contributed by atoms with Crippen molar-refractivity contribution >= 4 is 0 Å². The lowest BCUT2D eigenvalue weighted by molar-refractivity contribution is 1.20. The van der Waals surface area contributed by atoms with Gasteiger partial charge in [-0.15, -0.1) is 0 Å². The van der Waals surface area contributed by atoms with Gasteiger partial charge >= 0.3 is 0 Å². The fraction of sp³-hybridized carbons (Fsp3) is 0.400. The lowest BCUT2D eigenvalue weighted by Gasteiger charge is -1.93. The molecule has 0 heterocycles. The van der Waals surface area contributed by atoms with Crippen LogP contribution in [0.2, 0.25) is 0 Å². The number of rotatable bonds is 3. The standard InChI is InChI=1S/C10H16/c1-5-6-7-10(4)8-9(2)3/h5-6,8H,2,7H2,1,3-4H3/b6-5+,10-8+. The van der Waals surface area contributed by atoms with Gasteiger partial charge in [0.1, 0.15) is 0 Å². The van der Waals surface area contributed by atoms with Gasteiger partial charge in [-0.05, 0) is 27.2 Å². The molecule has 0 aromatic rings. The molecule has 0 spiro atoms. The monoisotopic (exact) mass is 136 g/mol. The molecule has 0 fully saturated rings. The second-order valence-corrected chi connectivity index (χ2v) is 2.61. The molecule has 56 valence electrons. The van der Waals surface area contributed by atoms with Gasteiger partial charge in [0, 0.05) is 0 Å². The van der Waals surface area contributed by atoms with Crippen molar-refractivity contribution in [1.82, 2.24) is 0 Å². The molecule has 0 amide bonds. The predicted molar refractivity (Wildman–Crippen MR) is 48.0 cm³/mol. The molecule has 0 bridgehead atoms. The Labute approximate surface area is 64.0 Å². The molecule has 0 aliphatic heterocycles. The highest BCUT2D eigenvalue weighted by molar-refractivity contribution is 5.18. The first kappa shape index (κ1) is 9.22. The van der Waals surface area contributed by atoms with Crippen LogP contribution in [0.4, 0.5) is 0 Å². The third-order valence-electron chi connectivity index (χ3n) is 1.17. The highest BCUT2D eigenvalue weighted by atomic mass is 13.9. The lowest BCUT2D eigenvalue weighted by Crippen LogP contribution is -1.73. The van der Waals surface area contributed by atoms with Gasteiger partial charge in [-0.25, -0.2) is 0 Å². The maximum atomic E-state index is 3.80. The Morgan fingerprint density at radius 2 is 2.00 bits per heavy atom. The average molecular weight is 136 g/mol. The molecule has 0 aliphatic rings. The zero-order valence-electron chi connectivity index (χ0n) is 7.15. The Hall–Kier alpha value is -0.780. The van der Waals surface area contributed by atoms with E-state index in [9.17, 15) is 0 Å². The fourth-order valence-electron chi connectivity index (χ4n) is 0.783. The topological polar surface area (TPSA) is 0 Å². The summed E-state index contributed by atoms with van der Waals surface area (Å²) in [6.07, 6.45) is 7.37. The van der Waals surface area contributed by atoms with Crippen LogP contribution >= 0.6 is 0 Å². The summed E-state index contributed by atoms with van der Waals surface area (Å²) in [5.41, 5.74) is 2.49. The summed E-state index contributed by atoms with van der Waals surface area (Å²) in [4.78, 5) is 0. The van der Waals surface area contributed by atoms with Gasteiger partial charge in [0.25, 0.3) is 0 Å². The zero-order valence-corrected chi connectivity index (χ0v) is 7.15. The molecular formula is C10H16. The van der Waals surface area contributed by atoms with E-state index in [2.05, 4.69) is 31.7 Å². The minimum absolute atomic E-state index is 1.04. The minimum Gasteiger partial charge on any atom is -0.0961 e. The predicted octanol–water partition coefficient (Wildman–Crippen LogP) is 3.48. The number of hydrogen-bond acceptors (Lipinski definition) is 0. The van der Waals surface area contributed by atoms with Crippen molar-refractivity contribution < 1.29 is 0 Å². The van der Waals surface area contributed by atoms with Crippen LogP contribution in [-0.2, 0) is 0 Å². The molecule has 0 rings (SSSR count). The average Bonchev–Trinajstić information content (AvgIpc) is 1.82. The fourth-order valence-corrected chi connectivity index (χ4v) is 0.783. The smallest absolute Gasteiger partial charge is 0.0138 e. The van der Waals surface area contributed by atoms with E-state index in [4.69, 9.17) is 0 Å². The van der Waals surface area contributed by atoms with Crippen molar-refractivity contribution in [3.63, 3.8) is 0 Å². The maximum Gasteiger partial charge on any atom is -0.0138 e. The normalized spacial score (nSPS) is 12.5. The van der Waals surface area contributed by atoms with Gasteiger partial charge in [-0.3, -0.25) is 0 Å². The first-order valence-electron chi connectivity index (χ1n) is 3.60. The molecule has 0 N–H and O–H groups in total. The van der Waals surface area contributed by atoms with E-state index in [1.54, 1.807) is 0 Å². The van der Waals surface area contributed by atoms with Crippen molar-refractivity contribution in [1.29, 1.82) is 0 Å². The van der Waals surface area contributed by atoms with Crippen LogP contribution in [0.15, 0.2) is 36.0 Å². The second-order valence-electron chi connectivity index (χ2n) is 2.61. The molecule has 0 aliphatic carbocycles. The molecule has 0 saturated carbocycles. The number of allylic oxidation sites excluding steroid dienone is 5. The molecule has 10 heavy (non-hydrogen) atoms. The largest absolute Gasteiger partial charge is 0.0961 e. The first-order valence-corrected chi connectivity index (χ1v) is 3.60. The zero-order chi connectivity index (χ0) is 7.98. The van der Waals surface area contributed by atoms with Gasteiger partial charge in [0.15, 0.2) is 0 Å². The van der Waals surface area contributed by atoms with E-state index in [0.717, 1.165) is 12.0 Å². The molecule has 0 heteroatoms. The van der Waals surface area contributed by atoms with Crippen molar-refractivity contribution in [3.05, 3.63) is 36.0 Å². The van der Waals surface area contributed by atoms with Crippen LogP contribution in [0, 0.1) is 0 Å². The lowest BCUT2D eigenvalue weighted by atomic mass is 10.1. The van der Waals surface area contributed by atoms with Gasteiger partial charge < -0.3 is 0 Å². The van der Waals surface area contributed by atoms with Gasteiger partial charge in [0.05, 0.1) is 0 Å². The summed E-state index contributed by atoms with van der Waals surface area (Å²) in [6, 6.07) is 0. The van der Waals surface area contributed by atoms with Crippen molar-refractivity contribution in [3.8, 4) is 0 Å². The first-order chi connectivity index (χ1) is 4.66. The van der Waals surface area contributed by atoms with Crippen LogP contribution in [-0.4, -0.2) is 0 Å². The van der Waals surface area contributed by atoms with Gasteiger partial charge in [0.2, 0.25) is 0 Å². The van der Waals surface area contributed by atoms with E-state index >= 15 is 0 Å². The van der Waals surface area contributed by atoms with E-state index in [0.29, 0.717) is 0 Å². The number of hydrogen-bond donors (Lipinski definition) is 0. The molecule has 0 unspecified atom stereocenters. The van der Waals surface area contributed by atoms with Crippen LogP contribution in [0.1, 0.15) is 27.2 Å². The van der Waals surface area contributed by atoms with E-state index in [1.807, 2.05) is 13.8 Å². The van der Waals surface area contributed by atoms with Crippen LogP contribution in [0.3, 0.4) is 0 Å². The Balaban J connectivity index is 3.82. The summed E-state index contributed by atoms with van der Waals surface area (Å²) >= 11 is 0. The van der Waals surface area contributed by atoms with Crippen molar-refractivity contribution in [2.24, 2.45) is 0 Å². The quantitative estimate of drug-likeness (QED) is 0.411. The third-order valence-corrected chi connectivity index (χ3v) is 1.17.